The Balaban J connectivity index is 1.89. The second-order valence-electron chi connectivity index (χ2n) is 6.87. The van der Waals surface area contributed by atoms with Crippen LogP contribution in [0.5, 0.6) is 0 Å². The van der Waals surface area contributed by atoms with Crippen molar-refractivity contribution in [3.8, 4) is 0 Å². The molecule has 0 aromatic heterocycles. The molecule has 0 bridgehead atoms. The van der Waals surface area contributed by atoms with Gasteiger partial charge in [-0.1, -0.05) is 26.7 Å². The van der Waals surface area contributed by atoms with E-state index in [-0.39, 0.29) is 0 Å². The first-order valence-corrected chi connectivity index (χ1v) is 7.96. The van der Waals surface area contributed by atoms with Crippen molar-refractivity contribution in [3.63, 3.8) is 0 Å². The van der Waals surface area contributed by atoms with Crippen LogP contribution in [0, 0.1) is 11.3 Å². The molecule has 0 amide bonds. The van der Waals surface area contributed by atoms with Gasteiger partial charge in [0.15, 0.2) is 0 Å². The van der Waals surface area contributed by atoms with Crippen LogP contribution in [-0.4, -0.2) is 24.8 Å². The van der Waals surface area contributed by atoms with Crippen LogP contribution in [0.25, 0.3) is 0 Å². The van der Waals surface area contributed by atoms with E-state index in [2.05, 4.69) is 33.0 Å². The smallest absolute Gasteiger partial charge is 0.0661 e. The van der Waals surface area contributed by atoms with Crippen LogP contribution >= 0.6 is 0 Å². The zero-order valence-corrected chi connectivity index (χ0v) is 12.7. The fraction of sp³-hybridized carbons (Fsp3) is 1.00. The van der Waals surface area contributed by atoms with Crippen molar-refractivity contribution < 1.29 is 4.74 Å². The second kappa shape index (κ2) is 5.92. The summed E-state index contributed by atoms with van der Waals surface area (Å²) in [6, 6.07) is 1.36. The van der Waals surface area contributed by atoms with Crippen molar-refractivity contribution in [2.75, 3.05) is 6.61 Å². The molecule has 2 aliphatic carbocycles. The Morgan fingerprint density at radius 1 is 1.22 bits per heavy atom. The highest BCUT2D eigenvalue weighted by molar-refractivity contribution is 5.10. The lowest BCUT2D eigenvalue weighted by atomic mass is 9.60. The van der Waals surface area contributed by atoms with Crippen molar-refractivity contribution in [3.05, 3.63) is 0 Å². The molecule has 3 unspecified atom stereocenters. The minimum absolute atomic E-state index is 0.487. The van der Waals surface area contributed by atoms with Crippen molar-refractivity contribution >= 4 is 0 Å². The molecule has 1 N–H and O–H groups in total. The summed E-state index contributed by atoms with van der Waals surface area (Å²) < 4.78 is 5.97. The zero-order chi connectivity index (χ0) is 13.2. The fourth-order valence-electron chi connectivity index (χ4n) is 4.24. The Morgan fingerprint density at radius 3 is 2.44 bits per heavy atom. The maximum atomic E-state index is 5.97. The third kappa shape index (κ3) is 2.75. The summed E-state index contributed by atoms with van der Waals surface area (Å²) in [6.07, 6.45) is 8.62. The van der Waals surface area contributed by atoms with Crippen LogP contribution in [0.1, 0.15) is 66.2 Å². The normalized spacial score (nSPS) is 31.8. The molecule has 0 aromatic rings. The third-order valence-electron chi connectivity index (χ3n) is 5.00. The molecule has 0 aliphatic heterocycles. The van der Waals surface area contributed by atoms with Gasteiger partial charge in [0.05, 0.1) is 6.10 Å². The van der Waals surface area contributed by atoms with Crippen LogP contribution in [0.15, 0.2) is 0 Å². The molecule has 2 heteroatoms. The predicted molar refractivity (Wildman–Crippen MR) is 76.8 cm³/mol. The quantitative estimate of drug-likeness (QED) is 0.778. The van der Waals surface area contributed by atoms with Crippen molar-refractivity contribution in [1.82, 2.24) is 5.32 Å². The Hall–Kier alpha value is -0.0800. The van der Waals surface area contributed by atoms with E-state index in [9.17, 15) is 0 Å². The maximum absolute atomic E-state index is 5.97. The first-order valence-electron chi connectivity index (χ1n) is 7.96. The fourth-order valence-corrected chi connectivity index (χ4v) is 4.24. The highest BCUT2D eigenvalue weighted by atomic mass is 16.5. The SMILES string of the molecule is CCOC1CC(NC(C)CC(C)C)C12CCCC2. The first kappa shape index (κ1) is 14.3. The third-order valence-corrected chi connectivity index (χ3v) is 5.00. The molecule has 3 atom stereocenters. The molecular weight excluding hydrogens is 222 g/mol. The first-order chi connectivity index (χ1) is 8.58. The van der Waals surface area contributed by atoms with E-state index in [0.717, 1.165) is 12.5 Å². The maximum Gasteiger partial charge on any atom is 0.0661 e. The topological polar surface area (TPSA) is 21.3 Å². The van der Waals surface area contributed by atoms with Gasteiger partial charge < -0.3 is 10.1 Å². The average Bonchev–Trinajstić information content (AvgIpc) is 2.78. The van der Waals surface area contributed by atoms with Gasteiger partial charge in [-0.15, -0.1) is 0 Å². The molecule has 18 heavy (non-hydrogen) atoms. The molecular formula is C16H31NO. The van der Waals surface area contributed by atoms with Gasteiger partial charge in [0.2, 0.25) is 0 Å². The van der Waals surface area contributed by atoms with Crippen LogP contribution in [0.2, 0.25) is 0 Å². The summed E-state index contributed by atoms with van der Waals surface area (Å²) >= 11 is 0. The van der Waals surface area contributed by atoms with Crippen LogP contribution < -0.4 is 5.32 Å². The monoisotopic (exact) mass is 253 g/mol. The van der Waals surface area contributed by atoms with E-state index < -0.39 is 0 Å². The average molecular weight is 253 g/mol. The second-order valence-corrected chi connectivity index (χ2v) is 6.87. The molecule has 2 nitrogen and oxygen atoms in total. The molecule has 0 aromatic carbocycles. The number of hydrogen-bond donors (Lipinski definition) is 1. The standard InChI is InChI=1S/C16H31NO/c1-5-18-15-11-14(16(15)8-6-7-9-16)17-13(4)10-12(2)3/h12-15,17H,5-11H2,1-4H3. The molecule has 1 spiro atoms. The highest BCUT2D eigenvalue weighted by Gasteiger charge is 2.56. The summed E-state index contributed by atoms with van der Waals surface area (Å²) in [7, 11) is 0. The van der Waals surface area contributed by atoms with Crippen molar-refractivity contribution in [2.24, 2.45) is 11.3 Å². The van der Waals surface area contributed by atoms with Gasteiger partial charge in [-0.25, -0.2) is 0 Å². The van der Waals surface area contributed by atoms with Crippen molar-refractivity contribution in [1.29, 1.82) is 0 Å². The van der Waals surface area contributed by atoms with Gasteiger partial charge in [-0.3, -0.25) is 0 Å². The van der Waals surface area contributed by atoms with Crippen LogP contribution in [0.3, 0.4) is 0 Å². The molecule has 106 valence electrons. The Kier molecular flexibility index (Phi) is 4.71. The summed E-state index contributed by atoms with van der Waals surface area (Å²) in [4.78, 5) is 0. The van der Waals surface area contributed by atoms with Crippen LogP contribution in [-0.2, 0) is 4.74 Å². The van der Waals surface area contributed by atoms with E-state index in [0.29, 0.717) is 23.6 Å². The Morgan fingerprint density at radius 2 is 1.89 bits per heavy atom. The number of nitrogens with one attached hydrogen (secondary N) is 1. The zero-order valence-electron chi connectivity index (χ0n) is 12.7. The molecule has 2 aliphatic rings. The van der Waals surface area contributed by atoms with E-state index in [1.807, 2.05) is 0 Å². The number of ether oxygens (including phenoxy) is 1. The van der Waals surface area contributed by atoms with Gasteiger partial charge in [-0.05, 0) is 45.4 Å². The van der Waals surface area contributed by atoms with Gasteiger partial charge in [0.1, 0.15) is 0 Å². The minimum Gasteiger partial charge on any atom is -0.378 e. The molecule has 2 rings (SSSR count). The summed E-state index contributed by atoms with van der Waals surface area (Å²) in [5, 5.41) is 3.89. The van der Waals surface area contributed by atoms with Gasteiger partial charge in [-0.2, -0.15) is 0 Å². The Bertz CT molecular complexity index is 258. The van der Waals surface area contributed by atoms with Gasteiger partial charge in [0, 0.05) is 24.1 Å². The molecule has 2 saturated carbocycles. The lowest BCUT2D eigenvalue weighted by molar-refractivity contribution is -0.132. The highest BCUT2D eigenvalue weighted by Crippen LogP contribution is 2.54. The molecule has 0 heterocycles. The summed E-state index contributed by atoms with van der Waals surface area (Å²) in [6.45, 7) is 9.97. The minimum atomic E-state index is 0.487. The largest absolute Gasteiger partial charge is 0.378 e. The molecule has 2 fully saturated rings. The number of rotatable bonds is 6. The summed E-state index contributed by atoms with van der Waals surface area (Å²) in [5.41, 5.74) is 0.487. The van der Waals surface area contributed by atoms with E-state index in [4.69, 9.17) is 4.74 Å². The van der Waals surface area contributed by atoms with E-state index in [1.165, 1.54) is 38.5 Å². The lowest BCUT2D eigenvalue weighted by Crippen LogP contribution is -2.64. The predicted octanol–water partition coefficient (Wildman–Crippen LogP) is 3.75. The van der Waals surface area contributed by atoms with Gasteiger partial charge >= 0.3 is 0 Å². The molecule has 0 saturated heterocycles. The lowest BCUT2D eigenvalue weighted by Gasteiger charge is -2.55. The van der Waals surface area contributed by atoms with E-state index in [1.54, 1.807) is 0 Å². The van der Waals surface area contributed by atoms with Crippen molar-refractivity contribution in [2.45, 2.75) is 84.4 Å². The van der Waals surface area contributed by atoms with Gasteiger partial charge in [0.25, 0.3) is 0 Å². The number of hydrogen-bond acceptors (Lipinski definition) is 2. The van der Waals surface area contributed by atoms with Crippen LogP contribution in [0.4, 0.5) is 0 Å². The summed E-state index contributed by atoms with van der Waals surface area (Å²) in [5.74, 6) is 0.787. The van der Waals surface area contributed by atoms with E-state index >= 15 is 0 Å². The Labute approximate surface area is 113 Å². The molecule has 0 radical (unpaired) electrons.